The number of benzene rings is 2. The second kappa shape index (κ2) is 6.98. The summed E-state index contributed by atoms with van der Waals surface area (Å²) in [4.78, 5) is 4.99. The Hall–Kier alpha value is -2.50. The van der Waals surface area contributed by atoms with Gasteiger partial charge >= 0.3 is 6.36 Å². The summed E-state index contributed by atoms with van der Waals surface area (Å²) in [5.41, 5.74) is 2.01. The SMILES string of the molecule is Cc1cccc(/[C]=N\OCc2ccccc2OC(F)(F)F)c1. The molecular weight excluding hydrogens is 295 g/mol. The van der Waals surface area contributed by atoms with Crippen molar-refractivity contribution in [2.45, 2.75) is 19.9 Å². The van der Waals surface area contributed by atoms with Gasteiger partial charge in [0.05, 0.1) is 0 Å². The Morgan fingerprint density at radius 1 is 1.09 bits per heavy atom. The number of aryl methyl sites for hydroxylation is 1. The number of halogens is 3. The normalized spacial score (nSPS) is 11.6. The zero-order valence-electron chi connectivity index (χ0n) is 11.7. The van der Waals surface area contributed by atoms with Crippen molar-refractivity contribution >= 4 is 6.21 Å². The molecule has 115 valence electrons. The summed E-state index contributed by atoms with van der Waals surface area (Å²) < 4.78 is 40.7. The lowest BCUT2D eigenvalue weighted by Gasteiger charge is -2.12. The number of para-hydroxylation sites is 1. The number of hydrogen-bond acceptors (Lipinski definition) is 3. The molecule has 0 aliphatic heterocycles. The van der Waals surface area contributed by atoms with Crippen molar-refractivity contribution in [3.05, 3.63) is 65.2 Å². The number of nitrogens with zero attached hydrogens (tertiary/aromatic N) is 1. The maximum atomic E-state index is 12.3. The highest BCUT2D eigenvalue weighted by molar-refractivity contribution is 5.79. The lowest BCUT2D eigenvalue weighted by molar-refractivity contribution is -0.275. The number of ether oxygens (including phenoxy) is 1. The van der Waals surface area contributed by atoms with Gasteiger partial charge in [0, 0.05) is 11.1 Å². The summed E-state index contributed by atoms with van der Waals surface area (Å²) in [6, 6.07) is 13.2. The third kappa shape index (κ3) is 5.12. The molecule has 0 atom stereocenters. The molecule has 2 aromatic carbocycles. The van der Waals surface area contributed by atoms with Crippen molar-refractivity contribution in [2.24, 2.45) is 5.16 Å². The van der Waals surface area contributed by atoms with Gasteiger partial charge < -0.3 is 9.57 Å². The Kier molecular flexibility index (Phi) is 5.04. The summed E-state index contributed by atoms with van der Waals surface area (Å²) in [5.74, 6) is -0.305. The zero-order valence-corrected chi connectivity index (χ0v) is 11.7. The van der Waals surface area contributed by atoms with Gasteiger partial charge in [0.1, 0.15) is 18.6 Å². The van der Waals surface area contributed by atoms with E-state index in [1.54, 1.807) is 12.1 Å². The van der Waals surface area contributed by atoms with E-state index in [-0.39, 0.29) is 17.9 Å². The quantitative estimate of drug-likeness (QED) is 0.608. The largest absolute Gasteiger partial charge is 0.573 e. The second-order valence-electron chi connectivity index (χ2n) is 4.50. The van der Waals surface area contributed by atoms with E-state index < -0.39 is 6.36 Å². The molecule has 0 aliphatic rings. The minimum absolute atomic E-state index is 0.148. The van der Waals surface area contributed by atoms with Crippen LogP contribution >= 0.6 is 0 Å². The van der Waals surface area contributed by atoms with Crippen LogP contribution in [0.25, 0.3) is 0 Å². The zero-order chi connectivity index (χ0) is 16.0. The smallest absolute Gasteiger partial charge is 0.405 e. The molecule has 0 saturated heterocycles. The summed E-state index contributed by atoms with van der Waals surface area (Å²) in [6.45, 7) is 1.78. The third-order valence-electron chi connectivity index (χ3n) is 2.68. The molecule has 0 saturated carbocycles. The first kappa shape index (κ1) is 15.9. The van der Waals surface area contributed by atoms with Crippen LogP contribution in [0.15, 0.2) is 53.7 Å². The highest BCUT2D eigenvalue weighted by Crippen LogP contribution is 2.26. The van der Waals surface area contributed by atoms with Crippen LogP contribution < -0.4 is 4.74 Å². The fourth-order valence-electron chi connectivity index (χ4n) is 1.75. The van der Waals surface area contributed by atoms with Crippen molar-refractivity contribution in [3.8, 4) is 5.75 Å². The summed E-state index contributed by atoms with van der Waals surface area (Å²) in [6.07, 6.45) is -2.08. The molecule has 3 nitrogen and oxygen atoms in total. The molecule has 0 heterocycles. The highest BCUT2D eigenvalue weighted by Gasteiger charge is 2.32. The van der Waals surface area contributed by atoms with E-state index in [4.69, 9.17) is 4.84 Å². The summed E-state index contributed by atoms with van der Waals surface area (Å²) >= 11 is 0. The Labute approximate surface area is 126 Å². The minimum Gasteiger partial charge on any atom is -0.405 e. The monoisotopic (exact) mass is 308 g/mol. The third-order valence-corrected chi connectivity index (χ3v) is 2.68. The van der Waals surface area contributed by atoms with Crippen molar-refractivity contribution in [1.29, 1.82) is 0 Å². The van der Waals surface area contributed by atoms with Crippen LogP contribution in [0.1, 0.15) is 16.7 Å². The first-order valence-electron chi connectivity index (χ1n) is 6.42. The van der Waals surface area contributed by atoms with Crippen LogP contribution in [-0.4, -0.2) is 12.6 Å². The van der Waals surface area contributed by atoms with Crippen molar-refractivity contribution in [2.75, 3.05) is 0 Å². The van der Waals surface area contributed by atoms with Gasteiger partial charge in [0.25, 0.3) is 0 Å². The molecule has 0 fully saturated rings. The summed E-state index contributed by atoms with van der Waals surface area (Å²) in [5, 5.41) is 3.63. The van der Waals surface area contributed by atoms with E-state index in [0.29, 0.717) is 0 Å². The molecule has 2 rings (SSSR count). The molecule has 2 aromatic rings. The van der Waals surface area contributed by atoms with Gasteiger partial charge in [0.15, 0.2) is 0 Å². The molecular formula is C16H13F3NO2. The molecule has 22 heavy (non-hydrogen) atoms. The maximum absolute atomic E-state index is 12.3. The molecule has 1 radical (unpaired) electrons. The van der Waals surface area contributed by atoms with E-state index in [0.717, 1.165) is 11.1 Å². The van der Waals surface area contributed by atoms with E-state index in [1.165, 1.54) is 18.2 Å². The maximum Gasteiger partial charge on any atom is 0.573 e. The Balaban J connectivity index is 1.97. The predicted molar refractivity (Wildman–Crippen MR) is 75.6 cm³/mol. The van der Waals surface area contributed by atoms with Gasteiger partial charge in [0.2, 0.25) is 0 Å². The molecule has 0 spiro atoms. The fraction of sp³-hybridized carbons (Fsp3) is 0.188. The number of rotatable bonds is 5. The van der Waals surface area contributed by atoms with Crippen LogP contribution in [-0.2, 0) is 11.4 Å². The standard InChI is InChI=1S/C16H13F3NO2/c1-12-5-4-6-13(9-12)10-20-21-11-14-7-2-3-8-15(14)22-16(17,18)19/h2-9H,11H2,1H3. The van der Waals surface area contributed by atoms with Gasteiger partial charge in [-0.3, -0.25) is 0 Å². The number of alkyl halides is 3. The van der Waals surface area contributed by atoms with Crippen LogP contribution in [0.4, 0.5) is 13.2 Å². The van der Waals surface area contributed by atoms with Crippen molar-refractivity contribution in [1.82, 2.24) is 0 Å². The predicted octanol–water partition coefficient (Wildman–Crippen LogP) is 4.32. The average Bonchev–Trinajstić information content (AvgIpc) is 2.44. The molecule has 0 N–H and O–H groups in total. The van der Waals surface area contributed by atoms with E-state index in [1.807, 2.05) is 25.1 Å². The van der Waals surface area contributed by atoms with Gasteiger partial charge in [-0.05, 0) is 19.1 Å². The number of hydrogen-bond donors (Lipinski definition) is 0. The lowest BCUT2D eigenvalue weighted by atomic mass is 10.2. The lowest BCUT2D eigenvalue weighted by Crippen LogP contribution is -2.18. The molecule has 0 amide bonds. The minimum atomic E-state index is -4.74. The van der Waals surface area contributed by atoms with Crippen molar-refractivity contribution in [3.63, 3.8) is 0 Å². The van der Waals surface area contributed by atoms with Crippen LogP contribution in [0, 0.1) is 6.92 Å². The van der Waals surface area contributed by atoms with Gasteiger partial charge in [-0.15, -0.1) is 13.2 Å². The fourth-order valence-corrected chi connectivity index (χ4v) is 1.75. The Morgan fingerprint density at radius 2 is 1.86 bits per heavy atom. The van der Waals surface area contributed by atoms with E-state index in [2.05, 4.69) is 16.1 Å². The Morgan fingerprint density at radius 3 is 2.59 bits per heavy atom. The van der Waals surface area contributed by atoms with Gasteiger partial charge in [-0.1, -0.05) is 47.1 Å². The van der Waals surface area contributed by atoms with Crippen molar-refractivity contribution < 1.29 is 22.7 Å². The molecule has 0 bridgehead atoms. The van der Waals surface area contributed by atoms with E-state index >= 15 is 0 Å². The first-order valence-corrected chi connectivity index (χ1v) is 6.42. The van der Waals surface area contributed by atoms with Crippen LogP contribution in [0.2, 0.25) is 0 Å². The average molecular weight is 308 g/mol. The summed E-state index contributed by atoms with van der Waals surface area (Å²) in [7, 11) is 0. The van der Waals surface area contributed by atoms with Crippen LogP contribution in [0.5, 0.6) is 5.75 Å². The molecule has 0 aliphatic carbocycles. The van der Waals surface area contributed by atoms with Gasteiger partial charge in [-0.25, -0.2) is 0 Å². The van der Waals surface area contributed by atoms with Crippen LogP contribution in [0.3, 0.4) is 0 Å². The molecule has 6 heteroatoms. The van der Waals surface area contributed by atoms with Gasteiger partial charge in [-0.2, -0.15) is 0 Å². The molecule has 0 aromatic heterocycles. The van der Waals surface area contributed by atoms with E-state index in [9.17, 15) is 13.2 Å². The second-order valence-corrected chi connectivity index (χ2v) is 4.50. The first-order chi connectivity index (χ1) is 10.4. The topological polar surface area (TPSA) is 30.8 Å². The Bertz CT molecular complexity index is 654. The highest BCUT2D eigenvalue weighted by atomic mass is 19.4. The molecule has 0 unspecified atom stereocenters.